The molecule has 1 saturated carbocycles. The summed E-state index contributed by atoms with van der Waals surface area (Å²) in [5.41, 5.74) is 0. The maximum atomic E-state index is 11.0. The van der Waals surface area contributed by atoms with Crippen LogP contribution in [0.15, 0.2) is 0 Å². The molecule has 1 aliphatic carbocycles. The van der Waals surface area contributed by atoms with Crippen LogP contribution in [0.4, 0.5) is 0 Å². The topological polar surface area (TPSA) is 46.5 Å². The van der Waals surface area contributed by atoms with E-state index >= 15 is 0 Å². The van der Waals surface area contributed by atoms with E-state index in [-0.39, 0.29) is 18.7 Å². The Bertz CT molecular complexity index is 139. The summed E-state index contributed by atoms with van der Waals surface area (Å²) in [5.74, 6) is -0.157. The van der Waals surface area contributed by atoms with Crippen LogP contribution in [-0.2, 0) is 9.53 Å². The smallest absolute Gasteiger partial charge is 0.306 e. The summed E-state index contributed by atoms with van der Waals surface area (Å²) < 4.78 is 5.16. The molecule has 3 nitrogen and oxygen atoms in total. The maximum Gasteiger partial charge on any atom is 0.306 e. The zero-order valence-corrected chi connectivity index (χ0v) is 7.29. The van der Waals surface area contributed by atoms with Gasteiger partial charge in [0.15, 0.2) is 0 Å². The Kier molecular flexibility index (Phi) is 4.08. The van der Waals surface area contributed by atoms with Crippen molar-refractivity contribution in [3.63, 3.8) is 0 Å². The van der Waals surface area contributed by atoms with Gasteiger partial charge in [-0.3, -0.25) is 4.79 Å². The third kappa shape index (κ3) is 3.22. The Morgan fingerprint density at radius 1 is 1.42 bits per heavy atom. The molecular formula is C9H16O3. The Labute approximate surface area is 72.7 Å². The van der Waals surface area contributed by atoms with Gasteiger partial charge in [-0.2, -0.15) is 0 Å². The van der Waals surface area contributed by atoms with Crippen molar-refractivity contribution in [2.45, 2.75) is 44.6 Å². The number of carbonyl (C=O) groups is 1. The number of aliphatic hydroxyl groups excluding tert-OH is 1. The number of hydrogen-bond donors (Lipinski definition) is 1. The molecule has 0 radical (unpaired) electrons. The molecule has 1 N–H and O–H groups in total. The van der Waals surface area contributed by atoms with Gasteiger partial charge in [0.1, 0.15) is 6.10 Å². The molecule has 0 heterocycles. The summed E-state index contributed by atoms with van der Waals surface area (Å²) >= 11 is 0. The highest BCUT2D eigenvalue weighted by Crippen LogP contribution is 2.21. The fraction of sp³-hybridized carbons (Fsp3) is 0.889. The van der Waals surface area contributed by atoms with Crippen LogP contribution >= 0.6 is 0 Å². The van der Waals surface area contributed by atoms with Gasteiger partial charge in [-0.05, 0) is 32.1 Å². The predicted octanol–water partition coefficient (Wildman–Crippen LogP) is 1.24. The molecule has 3 heteroatoms. The Morgan fingerprint density at radius 3 is 2.67 bits per heavy atom. The monoisotopic (exact) mass is 172 g/mol. The first kappa shape index (κ1) is 9.52. The molecule has 0 atom stereocenters. The highest BCUT2D eigenvalue weighted by Gasteiger charge is 2.18. The number of esters is 1. The van der Waals surface area contributed by atoms with Crippen molar-refractivity contribution in [3.05, 3.63) is 0 Å². The summed E-state index contributed by atoms with van der Waals surface area (Å²) in [7, 11) is 0. The molecular weight excluding hydrogens is 156 g/mol. The first-order valence-electron chi connectivity index (χ1n) is 4.63. The second-order valence-electron chi connectivity index (χ2n) is 3.22. The van der Waals surface area contributed by atoms with Crippen LogP contribution in [0.2, 0.25) is 0 Å². The number of hydrogen-bond acceptors (Lipinski definition) is 3. The van der Waals surface area contributed by atoms with E-state index in [4.69, 9.17) is 9.84 Å². The van der Waals surface area contributed by atoms with Crippen LogP contribution in [0.25, 0.3) is 0 Å². The lowest BCUT2D eigenvalue weighted by Crippen LogP contribution is -2.14. The lowest BCUT2D eigenvalue weighted by molar-refractivity contribution is -0.149. The quantitative estimate of drug-likeness (QED) is 0.649. The number of carbonyl (C=O) groups excluding carboxylic acids is 1. The second-order valence-corrected chi connectivity index (χ2v) is 3.22. The van der Waals surface area contributed by atoms with E-state index in [1.165, 1.54) is 12.8 Å². The first-order valence-corrected chi connectivity index (χ1v) is 4.63. The second kappa shape index (κ2) is 5.14. The van der Waals surface area contributed by atoms with Crippen molar-refractivity contribution >= 4 is 5.97 Å². The van der Waals surface area contributed by atoms with Crippen molar-refractivity contribution in [2.24, 2.45) is 0 Å². The Morgan fingerprint density at radius 2 is 2.08 bits per heavy atom. The van der Waals surface area contributed by atoms with Crippen molar-refractivity contribution in [1.82, 2.24) is 0 Å². The summed E-state index contributed by atoms with van der Waals surface area (Å²) in [6.45, 7) is 0.0692. The van der Waals surface area contributed by atoms with Crippen molar-refractivity contribution < 1.29 is 14.6 Å². The van der Waals surface area contributed by atoms with Crippen molar-refractivity contribution in [1.29, 1.82) is 0 Å². The molecule has 0 aromatic carbocycles. The van der Waals surface area contributed by atoms with Crippen molar-refractivity contribution in [3.8, 4) is 0 Å². The molecule has 0 aromatic heterocycles. The standard InChI is InChI=1S/C9H16O3/c10-7-3-6-9(11)12-8-4-1-2-5-8/h8,10H,1-7H2. The average Bonchev–Trinajstić information content (AvgIpc) is 2.53. The molecule has 0 bridgehead atoms. The molecule has 0 saturated heterocycles. The van der Waals surface area contributed by atoms with Gasteiger partial charge in [-0.1, -0.05) is 0 Å². The molecule has 0 unspecified atom stereocenters. The number of ether oxygens (including phenoxy) is 1. The molecule has 0 aliphatic heterocycles. The molecule has 12 heavy (non-hydrogen) atoms. The SMILES string of the molecule is O=C(CCCO)OC1CCCC1. The maximum absolute atomic E-state index is 11.0. The zero-order valence-electron chi connectivity index (χ0n) is 7.29. The minimum Gasteiger partial charge on any atom is -0.462 e. The minimum absolute atomic E-state index is 0.0692. The van der Waals surface area contributed by atoms with E-state index in [9.17, 15) is 4.79 Å². The van der Waals surface area contributed by atoms with Gasteiger partial charge < -0.3 is 9.84 Å². The van der Waals surface area contributed by atoms with Crippen LogP contribution in [-0.4, -0.2) is 23.8 Å². The largest absolute Gasteiger partial charge is 0.462 e. The van der Waals surface area contributed by atoms with Crippen LogP contribution in [0.1, 0.15) is 38.5 Å². The van der Waals surface area contributed by atoms with E-state index in [1.54, 1.807) is 0 Å². The molecule has 1 aliphatic rings. The van der Waals surface area contributed by atoms with Gasteiger partial charge in [0.2, 0.25) is 0 Å². The van der Waals surface area contributed by atoms with E-state index in [0.29, 0.717) is 12.8 Å². The highest BCUT2D eigenvalue weighted by atomic mass is 16.5. The van der Waals surface area contributed by atoms with Gasteiger partial charge >= 0.3 is 5.97 Å². The van der Waals surface area contributed by atoms with Gasteiger partial charge in [-0.15, -0.1) is 0 Å². The highest BCUT2D eigenvalue weighted by molar-refractivity contribution is 5.69. The van der Waals surface area contributed by atoms with Gasteiger partial charge in [-0.25, -0.2) is 0 Å². The third-order valence-electron chi connectivity index (χ3n) is 2.14. The number of rotatable bonds is 4. The van der Waals surface area contributed by atoms with E-state index in [1.807, 2.05) is 0 Å². The number of aliphatic hydroxyl groups is 1. The fourth-order valence-electron chi connectivity index (χ4n) is 1.47. The van der Waals surface area contributed by atoms with Crippen LogP contribution in [0.5, 0.6) is 0 Å². The molecule has 0 spiro atoms. The summed E-state index contributed by atoms with van der Waals surface area (Å²) in [5, 5.41) is 8.47. The lowest BCUT2D eigenvalue weighted by Gasteiger charge is -2.10. The van der Waals surface area contributed by atoms with Gasteiger partial charge in [0.25, 0.3) is 0 Å². The van der Waals surface area contributed by atoms with Gasteiger partial charge in [0.05, 0.1) is 0 Å². The van der Waals surface area contributed by atoms with Gasteiger partial charge in [0, 0.05) is 13.0 Å². The molecule has 70 valence electrons. The minimum atomic E-state index is -0.157. The molecule has 1 fully saturated rings. The van der Waals surface area contributed by atoms with Crippen molar-refractivity contribution in [2.75, 3.05) is 6.61 Å². The fourth-order valence-corrected chi connectivity index (χ4v) is 1.47. The third-order valence-corrected chi connectivity index (χ3v) is 2.14. The molecule has 0 aromatic rings. The summed E-state index contributed by atoms with van der Waals surface area (Å²) in [6.07, 6.45) is 5.43. The van der Waals surface area contributed by atoms with E-state index in [2.05, 4.69) is 0 Å². The lowest BCUT2D eigenvalue weighted by atomic mass is 10.3. The normalized spacial score (nSPS) is 18.1. The summed E-state index contributed by atoms with van der Waals surface area (Å²) in [4.78, 5) is 11.0. The van der Waals surface area contributed by atoms with Crippen LogP contribution in [0, 0.1) is 0 Å². The summed E-state index contributed by atoms with van der Waals surface area (Å²) in [6, 6.07) is 0. The first-order chi connectivity index (χ1) is 5.83. The zero-order chi connectivity index (χ0) is 8.81. The van der Waals surface area contributed by atoms with E-state index in [0.717, 1.165) is 12.8 Å². The predicted molar refractivity (Wildman–Crippen MR) is 44.7 cm³/mol. The Balaban J connectivity index is 2.08. The van der Waals surface area contributed by atoms with Crippen LogP contribution < -0.4 is 0 Å². The Hall–Kier alpha value is -0.570. The van der Waals surface area contributed by atoms with Crippen LogP contribution in [0.3, 0.4) is 0 Å². The molecule has 1 rings (SSSR count). The van der Waals surface area contributed by atoms with E-state index < -0.39 is 0 Å². The molecule has 0 amide bonds. The average molecular weight is 172 g/mol.